The van der Waals surface area contributed by atoms with Gasteiger partial charge in [0.05, 0.1) is 17.2 Å². The van der Waals surface area contributed by atoms with Gasteiger partial charge < -0.3 is 15.0 Å². The quantitative estimate of drug-likeness (QED) is 0.289. The highest BCUT2D eigenvalue weighted by Crippen LogP contribution is 2.33. The fraction of sp³-hybridized carbons (Fsp3) is 0.333. The highest BCUT2D eigenvalue weighted by atomic mass is 32.2. The molecule has 40 heavy (non-hydrogen) atoms. The summed E-state index contributed by atoms with van der Waals surface area (Å²) in [6.45, 7) is 7.54. The zero-order valence-corrected chi connectivity index (χ0v) is 25.2. The Morgan fingerprint density at radius 1 is 1.00 bits per heavy atom. The van der Waals surface area contributed by atoms with Crippen molar-refractivity contribution >= 4 is 39.3 Å². The number of carbonyl (C=O) groups excluding carboxylic acids is 2. The summed E-state index contributed by atoms with van der Waals surface area (Å²) in [7, 11) is -4.19. The molecule has 8 nitrogen and oxygen atoms in total. The molecular formula is C30H37N3O5S2. The molecule has 3 aromatic rings. The third kappa shape index (κ3) is 7.57. The Bertz CT molecular complexity index is 1410. The first-order valence-electron chi connectivity index (χ1n) is 13.1. The van der Waals surface area contributed by atoms with Gasteiger partial charge in [-0.1, -0.05) is 42.0 Å². The normalized spacial score (nSPS) is 11.9. The van der Waals surface area contributed by atoms with Gasteiger partial charge in [0.2, 0.25) is 11.8 Å². The zero-order valence-electron chi connectivity index (χ0n) is 23.6. The fourth-order valence-corrected chi connectivity index (χ4v) is 6.07. The number of thioether (sulfide) groups is 1. The third-order valence-corrected chi connectivity index (χ3v) is 8.83. The van der Waals surface area contributed by atoms with Gasteiger partial charge in [-0.2, -0.15) is 0 Å². The number of amides is 2. The molecule has 0 aliphatic heterocycles. The Balaban J connectivity index is 2.09. The number of rotatable bonds is 13. The number of hydrogen-bond donors (Lipinski definition) is 1. The van der Waals surface area contributed by atoms with E-state index in [9.17, 15) is 18.0 Å². The lowest BCUT2D eigenvalue weighted by atomic mass is 10.1. The van der Waals surface area contributed by atoms with E-state index in [-0.39, 0.29) is 23.0 Å². The van der Waals surface area contributed by atoms with Crippen LogP contribution in [0.1, 0.15) is 31.9 Å². The molecule has 0 fully saturated rings. The summed E-state index contributed by atoms with van der Waals surface area (Å²) < 4.78 is 35.0. The van der Waals surface area contributed by atoms with Crippen molar-refractivity contribution < 1.29 is 22.7 Å². The van der Waals surface area contributed by atoms with E-state index in [1.165, 1.54) is 28.8 Å². The summed E-state index contributed by atoms with van der Waals surface area (Å²) in [5.74, 6) is -0.500. The minimum absolute atomic E-state index is 0.0476. The fourth-order valence-electron chi connectivity index (χ4n) is 4.24. The van der Waals surface area contributed by atoms with Crippen molar-refractivity contribution in [1.29, 1.82) is 0 Å². The summed E-state index contributed by atoms with van der Waals surface area (Å²) in [5, 5.41) is 2.77. The number of sulfonamides is 1. The van der Waals surface area contributed by atoms with Crippen LogP contribution in [0.5, 0.6) is 5.75 Å². The molecule has 3 aromatic carbocycles. The topological polar surface area (TPSA) is 96.0 Å². The molecule has 0 aliphatic rings. The number of aryl methyl sites for hydroxylation is 1. The second kappa shape index (κ2) is 14.2. The van der Waals surface area contributed by atoms with Crippen LogP contribution in [0.3, 0.4) is 0 Å². The van der Waals surface area contributed by atoms with Crippen molar-refractivity contribution in [2.75, 3.05) is 30.3 Å². The molecule has 1 atom stereocenters. The smallest absolute Gasteiger partial charge is 0.264 e. The Morgan fingerprint density at radius 2 is 1.70 bits per heavy atom. The molecule has 1 N–H and O–H groups in total. The van der Waals surface area contributed by atoms with Crippen LogP contribution in [0.25, 0.3) is 0 Å². The molecular weight excluding hydrogens is 546 g/mol. The maximum absolute atomic E-state index is 14.1. The van der Waals surface area contributed by atoms with Gasteiger partial charge in [0.1, 0.15) is 18.3 Å². The van der Waals surface area contributed by atoms with Crippen LogP contribution in [0.15, 0.2) is 82.6 Å². The van der Waals surface area contributed by atoms with Gasteiger partial charge in [-0.3, -0.25) is 13.9 Å². The second-order valence-electron chi connectivity index (χ2n) is 9.17. The van der Waals surface area contributed by atoms with E-state index in [2.05, 4.69) is 5.32 Å². The molecule has 0 aromatic heterocycles. The monoisotopic (exact) mass is 583 g/mol. The number of ether oxygens (including phenoxy) is 1. The van der Waals surface area contributed by atoms with Crippen LogP contribution in [0, 0.1) is 6.92 Å². The van der Waals surface area contributed by atoms with E-state index in [0.717, 1.165) is 20.3 Å². The lowest BCUT2D eigenvalue weighted by Gasteiger charge is -2.32. The lowest BCUT2D eigenvalue weighted by Crippen LogP contribution is -2.51. The second-order valence-corrected chi connectivity index (χ2v) is 11.9. The molecule has 0 saturated heterocycles. The summed E-state index contributed by atoms with van der Waals surface area (Å²) >= 11 is 1.50. The summed E-state index contributed by atoms with van der Waals surface area (Å²) in [6, 6.07) is 20.1. The highest BCUT2D eigenvalue weighted by Gasteiger charge is 2.33. The lowest BCUT2D eigenvalue weighted by molar-refractivity contribution is -0.139. The van der Waals surface area contributed by atoms with Gasteiger partial charge in [0, 0.05) is 18.0 Å². The predicted octanol–water partition coefficient (Wildman–Crippen LogP) is 4.86. The number of anilines is 1. The molecule has 0 heterocycles. The molecule has 2 amide bonds. The van der Waals surface area contributed by atoms with Crippen molar-refractivity contribution in [3.8, 4) is 5.75 Å². The first kappa shape index (κ1) is 31.0. The largest absolute Gasteiger partial charge is 0.492 e. The molecule has 3 rings (SSSR count). The van der Waals surface area contributed by atoms with Gasteiger partial charge in [-0.05, 0) is 75.9 Å². The number of benzene rings is 3. The van der Waals surface area contributed by atoms with Crippen LogP contribution in [0.2, 0.25) is 0 Å². The van der Waals surface area contributed by atoms with Crippen molar-refractivity contribution in [3.63, 3.8) is 0 Å². The molecule has 0 aliphatic carbocycles. The molecule has 0 bridgehead atoms. The van der Waals surface area contributed by atoms with Crippen molar-refractivity contribution in [2.24, 2.45) is 0 Å². The summed E-state index contributed by atoms with van der Waals surface area (Å²) in [4.78, 5) is 29.3. The van der Waals surface area contributed by atoms with Gasteiger partial charge in [-0.25, -0.2) is 8.42 Å². The summed E-state index contributed by atoms with van der Waals surface area (Å²) in [6.07, 6.45) is 1.91. The van der Waals surface area contributed by atoms with E-state index in [1.807, 2.05) is 37.4 Å². The first-order chi connectivity index (χ1) is 19.1. The minimum Gasteiger partial charge on any atom is -0.492 e. The van der Waals surface area contributed by atoms with Crippen LogP contribution >= 0.6 is 11.8 Å². The average molecular weight is 584 g/mol. The van der Waals surface area contributed by atoms with Crippen molar-refractivity contribution in [2.45, 2.75) is 50.1 Å². The van der Waals surface area contributed by atoms with Gasteiger partial charge in [0.15, 0.2) is 0 Å². The highest BCUT2D eigenvalue weighted by molar-refractivity contribution is 7.98. The Morgan fingerprint density at radius 3 is 2.33 bits per heavy atom. The molecule has 214 valence electrons. The van der Waals surface area contributed by atoms with E-state index in [0.29, 0.717) is 18.9 Å². The average Bonchev–Trinajstić information content (AvgIpc) is 2.95. The third-order valence-electron chi connectivity index (χ3n) is 6.31. The van der Waals surface area contributed by atoms with Crippen LogP contribution in [-0.2, 0) is 26.2 Å². The summed E-state index contributed by atoms with van der Waals surface area (Å²) in [5.41, 5.74) is 2.09. The standard InChI is InChI=1S/C30H37N3O5S2/c1-6-31-30(35)23(4)32(20-24-12-10-11-22(3)19-24)29(34)21-33(27-13-8-9-14-28(27)38-7-2)40(36,37)26-17-15-25(39-5)16-18-26/h8-19,23H,6-7,20-21H2,1-5H3,(H,31,35). The van der Waals surface area contributed by atoms with Gasteiger partial charge in [0.25, 0.3) is 10.0 Å². The Hall–Kier alpha value is -3.50. The number of para-hydroxylation sites is 2. The van der Waals surface area contributed by atoms with Crippen LogP contribution < -0.4 is 14.4 Å². The number of nitrogens with one attached hydrogen (secondary N) is 1. The maximum Gasteiger partial charge on any atom is 0.264 e. The predicted molar refractivity (Wildman–Crippen MR) is 160 cm³/mol. The van der Waals surface area contributed by atoms with Crippen molar-refractivity contribution in [3.05, 3.63) is 83.9 Å². The van der Waals surface area contributed by atoms with E-state index >= 15 is 0 Å². The number of nitrogens with zero attached hydrogens (tertiary/aromatic N) is 2. The molecule has 10 heteroatoms. The SMILES string of the molecule is CCNC(=O)C(C)N(Cc1cccc(C)c1)C(=O)CN(c1ccccc1OCC)S(=O)(=O)c1ccc(SC)cc1. The minimum atomic E-state index is -4.19. The Kier molecular flexibility index (Phi) is 11.0. The van der Waals surface area contributed by atoms with Crippen LogP contribution in [-0.4, -0.2) is 57.1 Å². The van der Waals surface area contributed by atoms with Crippen molar-refractivity contribution in [1.82, 2.24) is 10.2 Å². The number of carbonyl (C=O) groups is 2. The number of hydrogen-bond acceptors (Lipinski definition) is 6. The molecule has 0 saturated carbocycles. The van der Waals surface area contributed by atoms with Crippen LogP contribution in [0.4, 0.5) is 5.69 Å². The number of likely N-dealkylation sites (N-methyl/N-ethyl adjacent to an activating group) is 1. The zero-order chi connectivity index (χ0) is 29.3. The van der Waals surface area contributed by atoms with Gasteiger partial charge >= 0.3 is 0 Å². The van der Waals surface area contributed by atoms with E-state index in [4.69, 9.17) is 4.74 Å². The molecule has 0 radical (unpaired) electrons. The van der Waals surface area contributed by atoms with E-state index < -0.39 is 28.5 Å². The Labute approximate surface area is 241 Å². The first-order valence-corrected chi connectivity index (χ1v) is 15.8. The maximum atomic E-state index is 14.1. The van der Waals surface area contributed by atoms with E-state index in [1.54, 1.807) is 57.2 Å². The van der Waals surface area contributed by atoms with Gasteiger partial charge in [-0.15, -0.1) is 11.8 Å². The molecule has 0 spiro atoms. The molecule has 1 unspecified atom stereocenters.